The number of hydrogen-bond acceptors (Lipinski definition) is 4. The van der Waals surface area contributed by atoms with Crippen molar-refractivity contribution in [3.8, 4) is 11.5 Å². The molecule has 28 heavy (non-hydrogen) atoms. The summed E-state index contributed by atoms with van der Waals surface area (Å²) in [6.45, 7) is 11.0. The van der Waals surface area contributed by atoms with Crippen molar-refractivity contribution in [2.75, 3.05) is 38.2 Å². The van der Waals surface area contributed by atoms with Crippen LogP contribution in [0.4, 0.5) is 5.69 Å². The van der Waals surface area contributed by atoms with Gasteiger partial charge in [0.15, 0.2) is 6.10 Å². The van der Waals surface area contributed by atoms with Crippen molar-refractivity contribution in [2.24, 2.45) is 0 Å². The molecule has 1 atom stereocenters. The highest BCUT2D eigenvalue weighted by atomic mass is 16.5. The second-order valence-corrected chi connectivity index (χ2v) is 7.48. The van der Waals surface area contributed by atoms with Crippen LogP contribution in [0.15, 0.2) is 36.4 Å². The van der Waals surface area contributed by atoms with Crippen molar-refractivity contribution < 1.29 is 14.3 Å². The Morgan fingerprint density at radius 2 is 1.64 bits per heavy atom. The molecule has 1 heterocycles. The lowest BCUT2D eigenvalue weighted by atomic mass is 10.1. The monoisotopic (exact) mass is 382 g/mol. The Bertz CT molecular complexity index is 824. The zero-order valence-electron chi connectivity index (χ0n) is 17.5. The number of carbonyl (C=O) groups excluding carboxylic acids is 1. The number of hydrogen-bond donors (Lipinski definition) is 0. The number of ether oxygens (including phenoxy) is 2. The lowest BCUT2D eigenvalue weighted by Gasteiger charge is -2.37. The summed E-state index contributed by atoms with van der Waals surface area (Å²) in [5.74, 6) is 1.70. The zero-order chi connectivity index (χ0) is 20.3. The highest BCUT2D eigenvalue weighted by Gasteiger charge is 2.26. The first-order valence-corrected chi connectivity index (χ1v) is 9.81. The first-order chi connectivity index (χ1) is 13.4. The highest BCUT2D eigenvalue weighted by molar-refractivity contribution is 5.81. The number of benzene rings is 2. The molecule has 1 saturated heterocycles. The fourth-order valence-electron chi connectivity index (χ4n) is 3.60. The summed E-state index contributed by atoms with van der Waals surface area (Å²) in [7, 11) is 1.67. The second kappa shape index (κ2) is 8.55. The average Bonchev–Trinajstić information content (AvgIpc) is 2.71. The predicted octanol–water partition coefficient (Wildman–Crippen LogP) is 3.74. The Balaban J connectivity index is 1.58. The van der Waals surface area contributed by atoms with Crippen LogP contribution in [0.1, 0.15) is 23.6 Å². The third kappa shape index (κ3) is 4.41. The molecule has 0 aliphatic carbocycles. The molecule has 1 aliphatic heterocycles. The molecule has 150 valence electrons. The van der Waals surface area contributed by atoms with Gasteiger partial charge in [-0.1, -0.05) is 6.07 Å². The van der Waals surface area contributed by atoms with Crippen LogP contribution in [0.3, 0.4) is 0 Å². The molecule has 0 radical (unpaired) electrons. The number of nitrogens with zero attached hydrogens (tertiary/aromatic N) is 2. The number of rotatable bonds is 5. The van der Waals surface area contributed by atoms with E-state index in [0.717, 1.165) is 41.4 Å². The molecule has 0 spiro atoms. The van der Waals surface area contributed by atoms with Gasteiger partial charge in [0, 0.05) is 31.9 Å². The van der Waals surface area contributed by atoms with Crippen molar-refractivity contribution in [3.05, 3.63) is 53.1 Å². The molecule has 5 heteroatoms. The minimum Gasteiger partial charge on any atom is -0.497 e. The SMILES string of the molecule is COc1ccc(N2CCN(C(=O)[C@H](C)Oc3cc(C)cc(C)c3C)CC2)cc1. The molecule has 0 saturated carbocycles. The van der Waals surface area contributed by atoms with E-state index in [4.69, 9.17) is 9.47 Å². The van der Waals surface area contributed by atoms with E-state index >= 15 is 0 Å². The van der Waals surface area contributed by atoms with E-state index in [2.05, 4.69) is 30.0 Å². The second-order valence-electron chi connectivity index (χ2n) is 7.48. The highest BCUT2D eigenvalue weighted by Crippen LogP contribution is 2.25. The first-order valence-electron chi connectivity index (χ1n) is 9.81. The molecule has 2 aromatic carbocycles. The molecule has 0 aromatic heterocycles. The fraction of sp³-hybridized carbons (Fsp3) is 0.435. The van der Waals surface area contributed by atoms with Gasteiger partial charge in [-0.15, -0.1) is 0 Å². The summed E-state index contributed by atoms with van der Waals surface area (Å²) in [4.78, 5) is 17.1. The molecule has 1 aliphatic rings. The molecule has 0 bridgehead atoms. The van der Waals surface area contributed by atoms with Gasteiger partial charge in [-0.2, -0.15) is 0 Å². The maximum Gasteiger partial charge on any atom is 0.263 e. The number of piperazine rings is 1. The summed E-state index contributed by atoms with van der Waals surface area (Å²) in [6.07, 6.45) is -0.493. The molecule has 0 N–H and O–H groups in total. The van der Waals surface area contributed by atoms with Crippen molar-refractivity contribution >= 4 is 11.6 Å². The Kier molecular flexibility index (Phi) is 6.12. The third-order valence-corrected chi connectivity index (χ3v) is 5.44. The van der Waals surface area contributed by atoms with Crippen molar-refractivity contribution in [2.45, 2.75) is 33.8 Å². The number of methoxy groups -OCH3 is 1. The summed E-state index contributed by atoms with van der Waals surface area (Å²) in [5, 5.41) is 0. The van der Waals surface area contributed by atoms with Crippen molar-refractivity contribution in [3.63, 3.8) is 0 Å². The quantitative estimate of drug-likeness (QED) is 0.790. The van der Waals surface area contributed by atoms with Crippen LogP contribution < -0.4 is 14.4 Å². The molecule has 5 nitrogen and oxygen atoms in total. The Labute approximate surface area is 167 Å². The number of amides is 1. The lowest BCUT2D eigenvalue weighted by molar-refractivity contribution is -0.138. The maximum atomic E-state index is 12.9. The van der Waals surface area contributed by atoms with E-state index in [1.54, 1.807) is 7.11 Å². The summed E-state index contributed by atoms with van der Waals surface area (Å²) >= 11 is 0. The molecule has 0 unspecified atom stereocenters. The summed E-state index contributed by atoms with van der Waals surface area (Å²) in [5.41, 5.74) is 4.58. The number of carbonyl (C=O) groups is 1. The van der Waals surface area contributed by atoms with Gasteiger partial charge in [0.25, 0.3) is 5.91 Å². The Hall–Kier alpha value is -2.69. The maximum absolute atomic E-state index is 12.9. The van der Waals surface area contributed by atoms with Crippen LogP contribution in [0.25, 0.3) is 0 Å². The zero-order valence-corrected chi connectivity index (χ0v) is 17.5. The fourth-order valence-corrected chi connectivity index (χ4v) is 3.60. The van der Waals surface area contributed by atoms with Gasteiger partial charge in [-0.25, -0.2) is 0 Å². The molecule has 2 aromatic rings. The summed E-state index contributed by atoms with van der Waals surface area (Å²) in [6, 6.07) is 12.2. The van der Waals surface area contributed by atoms with E-state index in [1.165, 1.54) is 5.56 Å². The largest absolute Gasteiger partial charge is 0.497 e. The Morgan fingerprint density at radius 1 is 1.00 bits per heavy atom. The van der Waals surface area contributed by atoms with Gasteiger partial charge in [0.2, 0.25) is 0 Å². The number of anilines is 1. The van der Waals surface area contributed by atoms with Gasteiger partial charge >= 0.3 is 0 Å². The van der Waals surface area contributed by atoms with E-state index in [1.807, 2.05) is 43.9 Å². The summed E-state index contributed by atoms with van der Waals surface area (Å²) < 4.78 is 11.3. The van der Waals surface area contributed by atoms with Crippen LogP contribution in [0, 0.1) is 20.8 Å². The van der Waals surface area contributed by atoms with Gasteiger partial charge in [-0.05, 0) is 74.7 Å². The van der Waals surface area contributed by atoms with E-state index < -0.39 is 6.10 Å². The van der Waals surface area contributed by atoms with Crippen molar-refractivity contribution in [1.29, 1.82) is 0 Å². The van der Waals surface area contributed by atoms with Crippen LogP contribution in [-0.4, -0.2) is 50.2 Å². The van der Waals surface area contributed by atoms with Crippen LogP contribution >= 0.6 is 0 Å². The van der Waals surface area contributed by atoms with E-state index in [-0.39, 0.29) is 5.91 Å². The first kappa shape index (κ1) is 20.1. The average molecular weight is 383 g/mol. The van der Waals surface area contributed by atoms with Gasteiger partial charge in [0.05, 0.1) is 7.11 Å². The van der Waals surface area contributed by atoms with E-state index in [9.17, 15) is 4.79 Å². The van der Waals surface area contributed by atoms with Gasteiger partial charge < -0.3 is 19.3 Å². The van der Waals surface area contributed by atoms with Gasteiger partial charge in [-0.3, -0.25) is 4.79 Å². The van der Waals surface area contributed by atoms with E-state index in [0.29, 0.717) is 13.1 Å². The smallest absolute Gasteiger partial charge is 0.263 e. The Morgan fingerprint density at radius 3 is 2.25 bits per heavy atom. The van der Waals surface area contributed by atoms with Crippen LogP contribution in [0.2, 0.25) is 0 Å². The molecular formula is C23H30N2O3. The molecule has 1 fully saturated rings. The third-order valence-electron chi connectivity index (χ3n) is 5.44. The standard InChI is InChI=1S/C23H30N2O3/c1-16-14-17(2)18(3)22(15-16)28-19(4)23(26)25-12-10-24(11-13-25)20-6-8-21(27-5)9-7-20/h6-9,14-15,19H,10-13H2,1-5H3/t19-/m0/s1. The lowest BCUT2D eigenvalue weighted by Crippen LogP contribution is -2.52. The predicted molar refractivity (Wildman–Crippen MR) is 113 cm³/mol. The minimum absolute atomic E-state index is 0.0490. The molecular weight excluding hydrogens is 352 g/mol. The van der Waals surface area contributed by atoms with Crippen LogP contribution in [0.5, 0.6) is 11.5 Å². The molecule has 1 amide bonds. The minimum atomic E-state index is -0.493. The number of aryl methyl sites for hydroxylation is 2. The topological polar surface area (TPSA) is 42.0 Å². The van der Waals surface area contributed by atoms with Gasteiger partial charge in [0.1, 0.15) is 11.5 Å². The normalized spacial score (nSPS) is 15.3. The molecule has 3 rings (SSSR count). The van der Waals surface area contributed by atoms with Crippen LogP contribution in [-0.2, 0) is 4.79 Å². The van der Waals surface area contributed by atoms with Crippen molar-refractivity contribution in [1.82, 2.24) is 4.90 Å².